The van der Waals surface area contributed by atoms with E-state index in [1.54, 1.807) is 0 Å². The van der Waals surface area contributed by atoms with Gasteiger partial charge in [0.15, 0.2) is 11.5 Å². The van der Waals surface area contributed by atoms with Gasteiger partial charge in [0.05, 0.1) is 11.2 Å². The Bertz CT molecular complexity index is 612. The summed E-state index contributed by atoms with van der Waals surface area (Å²) in [7, 11) is 1.92. The molecule has 1 aliphatic rings. The number of rotatable bonds is 5. The van der Waals surface area contributed by atoms with E-state index in [4.69, 9.17) is 21.1 Å². The summed E-state index contributed by atoms with van der Waals surface area (Å²) in [5.41, 5.74) is 2.31. The highest BCUT2D eigenvalue weighted by Gasteiger charge is 2.17. The van der Waals surface area contributed by atoms with Crippen LogP contribution in [0.1, 0.15) is 11.1 Å². The normalized spacial score (nSPS) is 12.9. The Kier molecular flexibility index (Phi) is 3.80. The zero-order chi connectivity index (χ0) is 13.9. The summed E-state index contributed by atoms with van der Waals surface area (Å²) in [4.78, 5) is 0. The van der Waals surface area contributed by atoms with Crippen molar-refractivity contribution in [2.24, 2.45) is 7.05 Å². The standard InChI is InChI=1S/C14H16ClN3O2/c1-18-8-10(7-17-18)2-3-16-6-11-4-12(15)14-13(5-11)19-9-20-14/h4-5,7-8,16H,2-3,6,9H2,1H3. The first kappa shape index (κ1) is 13.3. The lowest BCUT2D eigenvalue weighted by atomic mass is 10.2. The Hall–Kier alpha value is -1.72. The smallest absolute Gasteiger partial charge is 0.231 e. The number of hydrogen-bond acceptors (Lipinski definition) is 4. The molecule has 0 atom stereocenters. The maximum Gasteiger partial charge on any atom is 0.231 e. The first-order valence-corrected chi connectivity index (χ1v) is 6.86. The van der Waals surface area contributed by atoms with Crippen LogP contribution in [-0.4, -0.2) is 23.1 Å². The van der Waals surface area contributed by atoms with Crippen LogP contribution >= 0.6 is 11.6 Å². The van der Waals surface area contributed by atoms with Gasteiger partial charge in [-0.1, -0.05) is 11.6 Å². The van der Waals surface area contributed by atoms with Crippen molar-refractivity contribution in [3.63, 3.8) is 0 Å². The second-order valence-corrected chi connectivity index (χ2v) is 5.17. The largest absolute Gasteiger partial charge is 0.454 e. The van der Waals surface area contributed by atoms with E-state index in [2.05, 4.69) is 10.4 Å². The van der Waals surface area contributed by atoms with E-state index in [9.17, 15) is 0 Å². The molecule has 0 spiro atoms. The molecule has 106 valence electrons. The van der Waals surface area contributed by atoms with Gasteiger partial charge in [-0.15, -0.1) is 0 Å². The predicted octanol–water partition coefficient (Wildman–Crippen LogP) is 2.13. The summed E-state index contributed by atoms with van der Waals surface area (Å²) in [6, 6.07) is 3.87. The number of fused-ring (bicyclic) bond motifs is 1. The lowest BCUT2D eigenvalue weighted by Gasteiger charge is -2.06. The van der Waals surface area contributed by atoms with Crippen molar-refractivity contribution >= 4 is 11.6 Å². The maximum atomic E-state index is 6.14. The summed E-state index contributed by atoms with van der Waals surface area (Å²) in [6.45, 7) is 1.88. The number of aryl methyl sites for hydroxylation is 1. The molecule has 20 heavy (non-hydrogen) atoms. The van der Waals surface area contributed by atoms with Crippen molar-refractivity contribution in [3.8, 4) is 11.5 Å². The molecule has 0 aliphatic carbocycles. The van der Waals surface area contributed by atoms with Crippen LogP contribution in [0.4, 0.5) is 0 Å². The molecule has 1 N–H and O–H groups in total. The number of aromatic nitrogens is 2. The minimum atomic E-state index is 0.243. The third-order valence-corrected chi connectivity index (χ3v) is 3.45. The average Bonchev–Trinajstić information content (AvgIpc) is 3.04. The highest BCUT2D eigenvalue weighted by molar-refractivity contribution is 6.32. The maximum absolute atomic E-state index is 6.14. The molecular formula is C14H16ClN3O2. The first-order valence-electron chi connectivity index (χ1n) is 6.48. The molecule has 1 aromatic heterocycles. The average molecular weight is 294 g/mol. The van der Waals surface area contributed by atoms with Gasteiger partial charge in [-0.3, -0.25) is 4.68 Å². The molecule has 5 nitrogen and oxygen atoms in total. The van der Waals surface area contributed by atoms with Gasteiger partial charge < -0.3 is 14.8 Å². The van der Waals surface area contributed by atoms with Gasteiger partial charge in [0.2, 0.25) is 6.79 Å². The van der Waals surface area contributed by atoms with Crippen molar-refractivity contribution < 1.29 is 9.47 Å². The number of halogens is 1. The van der Waals surface area contributed by atoms with E-state index < -0.39 is 0 Å². The summed E-state index contributed by atoms with van der Waals surface area (Å²) < 4.78 is 12.5. The summed E-state index contributed by atoms with van der Waals surface area (Å²) >= 11 is 6.14. The Morgan fingerprint density at radius 1 is 1.35 bits per heavy atom. The molecule has 0 fully saturated rings. The van der Waals surface area contributed by atoms with Gasteiger partial charge in [-0.25, -0.2) is 0 Å². The molecule has 0 bridgehead atoms. The van der Waals surface area contributed by atoms with Gasteiger partial charge in [-0.05, 0) is 36.2 Å². The molecule has 3 rings (SSSR count). The fourth-order valence-corrected chi connectivity index (χ4v) is 2.48. The molecule has 0 amide bonds. The van der Waals surface area contributed by atoms with Crippen molar-refractivity contribution in [1.29, 1.82) is 0 Å². The Morgan fingerprint density at radius 2 is 2.25 bits per heavy atom. The van der Waals surface area contributed by atoms with Crippen LogP contribution in [0.3, 0.4) is 0 Å². The summed E-state index contributed by atoms with van der Waals surface area (Å²) in [5, 5.41) is 8.13. The van der Waals surface area contributed by atoms with Gasteiger partial charge in [0.1, 0.15) is 0 Å². The zero-order valence-electron chi connectivity index (χ0n) is 11.2. The van der Waals surface area contributed by atoms with Crippen molar-refractivity contribution in [1.82, 2.24) is 15.1 Å². The molecule has 0 radical (unpaired) electrons. The van der Waals surface area contributed by atoms with Crippen LogP contribution in [0, 0.1) is 0 Å². The molecule has 0 unspecified atom stereocenters. The number of nitrogens with zero attached hydrogens (tertiary/aromatic N) is 2. The summed E-state index contributed by atoms with van der Waals surface area (Å²) in [6.07, 6.45) is 4.87. The quantitative estimate of drug-likeness (QED) is 0.858. The van der Waals surface area contributed by atoms with Gasteiger partial charge in [-0.2, -0.15) is 5.10 Å². The molecule has 2 aromatic rings. The SMILES string of the molecule is Cn1cc(CCNCc2cc(Cl)c3c(c2)OCO3)cn1. The Balaban J connectivity index is 1.52. The molecule has 1 aromatic carbocycles. The first-order chi connectivity index (χ1) is 9.72. The number of benzene rings is 1. The zero-order valence-corrected chi connectivity index (χ0v) is 12.0. The van der Waals surface area contributed by atoms with E-state index in [-0.39, 0.29) is 6.79 Å². The van der Waals surface area contributed by atoms with Crippen LogP contribution < -0.4 is 14.8 Å². The number of hydrogen-bond donors (Lipinski definition) is 1. The lowest BCUT2D eigenvalue weighted by molar-refractivity contribution is 0.174. The number of nitrogens with one attached hydrogen (secondary N) is 1. The van der Waals surface area contributed by atoms with Crippen LogP contribution in [0.2, 0.25) is 5.02 Å². The van der Waals surface area contributed by atoms with Crippen LogP contribution in [-0.2, 0) is 20.0 Å². The predicted molar refractivity (Wildman–Crippen MR) is 76.2 cm³/mol. The third kappa shape index (κ3) is 2.89. The minimum absolute atomic E-state index is 0.243. The van der Waals surface area contributed by atoms with Gasteiger partial charge in [0.25, 0.3) is 0 Å². The van der Waals surface area contributed by atoms with E-state index in [1.165, 1.54) is 5.56 Å². The van der Waals surface area contributed by atoms with Crippen LogP contribution in [0.25, 0.3) is 0 Å². The Labute approximate surface area is 122 Å². The molecule has 2 heterocycles. The molecular weight excluding hydrogens is 278 g/mol. The lowest BCUT2D eigenvalue weighted by Crippen LogP contribution is -2.16. The minimum Gasteiger partial charge on any atom is -0.454 e. The van der Waals surface area contributed by atoms with E-state index >= 15 is 0 Å². The second-order valence-electron chi connectivity index (χ2n) is 4.76. The summed E-state index contributed by atoms with van der Waals surface area (Å²) in [5.74, 6) is 1.37. The van der Waals surface area contributed by atoms with Crippen molar-refractivity contribution in [2.75, 3.05) is 13.3 Å². The van der Waals surface area contributed by atoms with E-state index in [0.717, 1.165) is 30.8 Å². The van der Waals surface area contributed by atoms with Crippen LogP contribution in [0.5, 0.6) is 11.5 Å². The van der Waals surface area contributed by atoms with Crippen molar-refractivity contribution in [3.05, 3.63) is 40.7 Å². The fraction of sp³-hybridized carbons (Fsp3) is 0.357. The molecule has 1 aliphatic heterocycles. The van der Waals surface area contributed by atoms with Gasteiger partial charge >= 0.3 is 0 Å². The Morgan fingerprint density at radius 3 is 3.05 bits per heavy atom. The van der Waals surface area contributed by atoms with Crippen molar-refractivity contribution in [2.45, 2.75) is 13.0 Å². The highest BCUT2D eigenvalue weighted by Crippen LogP contribution is 2.39. The molecule has 0 saturated heterocycles. The van der Waals surface area contributed by atoms with E-state index in [1.807, 2.05) is 36.3 Å². The third-order valence-electron chi connectivity index (χ3n) is 3.16. The molecule has 6 heteroatoms. The second kappa shape index (κ2) is 5.73. The topological polar surface area (TPSA) is 48.3 Å². The monoisotopic (exact) mass is 293 g/mol. The highest BCUT2D eigenvalue weighted by atomic mass is 35.5. The van der Waals surface area contributed by atoms with Gasteiger partial charge in [0, 0.05) is 19.8 Å². The van der Waals surface area contributed by atoms with Crippen LogP contribution in [0.15, 0.2) is 24.5 Å². The fourth-order valence-electron chi connectivity index (χ4n) is 2.19. The number of ether oxygens (including phenoxy) is 2. The molecule has 0 saturated carbocycles. The van der Waals surface area contributed by atoms with E-state index in [0.29, 0.717) is 10.8 Å².